The molecule has 0 atom stereocenters. The average Bonchev–Trinajstić information content (AvgIpc) is 2.86. The first-order chi connectivity index (χ1) is 8.71. The average molecular weight is 249 g/mol. The topological polar surface area (TPSA) is 64.9 Å². The van der Waals surface area contributed by atoms with Crippen molar-refractivity contribution in [3.05, 3.63) is 11.7 Å². The van der Waals surface area contributed by atoms with Gasteiger partial charge in [0.05, 0.1) is 5.54 Å². The van der Waals surface area contributed by atoms with Crippen LogP contribution in [-0.4, -0.2) is 10.1 Å². The second-order valence-corrected chi connectivity index (χ2v) is 6.09. The number of hydrogen-bond donors (Lipinski definition) is 1. The highest BCUT2D eigenvalue weighted by molar-refractivity contribution is 5.09. The largest absolute Gasteiger partial charge is 0.337 e. The van der Waals surface area contributed by atoms with E-state index in [1.165, 1.54) is 38.5 Å². The van der Waals surface area contributed by atoms with Gasteiger partial charge in [-0.05, 0) is 50.9 Å². The molecule has 0 spiro atoms. The van der Waals surface area contributed by atoms with Crippen molar-refractivity contribution in [2.24, 2.45) is 11.7 Å². The minimum Gasteiger partial charge on any atom is -0.337 e. The Bertz CT molecular complexity index is 403. The quantitative estimate of drug-likeness (QED) is 0.894. The third-order valence-corrected chi connectivity index (χ3v) is 4.90. The van der Waals surface area contributed by atoms with Crippen LogP contribution in [-0.2, 0) is 5.54 Å². The predicted molar refractivity (Wildman–Crippen MR) is 69.0 cm³/mol. The van der Waals surface area contributed by atoms with E-state index in [4.69, 9.17) is 10.3 Å². The summed E-state index contributed by atoms with van der Waals surface area (Å²) in [6.45, 7) is 2.28. The van der Waals surface area contributed by atoms with Crippen molar-refractivity contribution in [2.75, 3.05) is 0 Å². The van der Waals surface area contributed by atoms with Crippen molar-refractivity contribution in [3.63, 3.8) is 0 Å². The molecule has 2 N–H and O–H groups in total. The van der Waals surface area contributed by atoms with Crippen molar-refractivity contribution in [2.45, 2.75) is 69.7 Å². The second kappa shape index (κ2) is 4.65. The molecule has 1 aromatic rings. The Morgan fingerprint density at radius 2 is 2.00 bits per heavy atom. The van der Waals surface area contributed by atoms with E-state index in [0.29, 0.717) is 11.8 Å². The predicted octanol–water partition coefficient (Wildman–Crippen LogP) is 3.09. The molecular weight excluding hydrogens is 226 g/mol. The van der Waals surface area contributed by atoms with Gasteiger partial charge in [-0.15, -0.1) is 0 Å². The Hall–Kier alpha value is -0.900. The van der Waals surface area contributed by atoms with Crippen molar-refractivity contribution >= 4 is 0 Å². The minimum absolute atomic E-state index is 0.314. The zero-order valence-electron chi connectivity index (χ0n) is 11.2. The first-order valence-corrected chi connectivity index (χ1v) is 7.34. The Morgan fingerprint density at radius 1 is 1.28 bits per heavy atom. The van der Waals surface area contributed by atoms with Crippen LogP contribution in [0.15, 0.2) is 4.52 Å². The van der Waals surface area contributed by atoms with E-state index in [9.17, 15) is 0 Å². The molecule has 2 saturated carbocycles. The molecule has 0 aliphatic heterocycles. The maximum Gasteiger partial charge on any atom is 0.246 e. The number of rotatable bonds is 3. The van der Waals surface area contributed by atoms with Gasteiger partial charge in [0.15, 0.2) is 5.82 Å². The standard InChI is InChI=1S/C14H23N3O/c1-2-10-4-6-11(7-5-10)12-16-13(18-17-12)14(15)8-3-9-14/h10-11H,2-9,15H2,1H3. The van der Waals surface area contributed by atoms with E-state index < -0.39 is 0 Å². The summed E-state index contributed by atoms with van der Waals surface area (Å²) in [7, 11) is 0. The van der Waals surface area contributed by atoms with Gasteiger partial charge < -0.3 is 10.3 Å². The van der Waals surface area contributed by atoms with Crippen LogP contribution in [0.3, 0.4) is 0 Å². The maximum atomic E-state index is 6.21. The molecule has 4 nitrogen and oxygen atoms in total. The highest BCUT2D eigenvalue weighted by Gasteiger charge is 2.40. The molecule has 3 rings (SSSR count). The number of aromatic nitrogens is 2. The van der Waals surface area contributed by atoms with Crippen molar-refractivity contribution in [1.82, 2.24) is 10.1 Å². The number of hydrogen-bond acceptors (Lipinski definition) is 4. The van der Waals surface area contributed by atoms with Gasteiger partial charge in [-0.2, -0.15) is 4.98 Å². The lowest BCUT2D eigenvalue weighted by molar-refractivity contribution is 0.181. The van der Waals surface area contributed by atoms with Crippen LogP contribution in [0.2, 0.25) is 0 Å². The SMILES string of the molecule is CCC1CCC(c2noc(C3(N)CCC3)n2)CC1. The first-order valence-electron chi connectivity index (χ1n) is 7.34. The fraction of sp³-hybridized carbons (Fsp3) is 0.857. The molecule has 1 aromatic heterocycles. The van der Waals surface area contributed by atoms with Gasteiger partial charge in [-0.25, -0.2) is 0 Å². The van der Waals surface area contributed by atoms with Gasteiger partial charge in [0, 0.05) is 5.92 Å². The van der Waals surface area contributed by atoms with Crippen LogP contribution in [0.4, 0.5) is 0 Å². The Labute approximate surface area is 108 Å². The third-order valence-electron chi connectivity index (χ3n) is 4.90. The van der Waals surface area contributed by atoms with Gasteiger partial charge in [0.2, 0.25) is 5.89 Å². The van der Waals surface area contributed by atoms with Gasteiger partial charge in [-0.3, -0.25) is 0 Å². The molecule has 2 fully saturated rings. The highest BCUT2D eigenvalue weighted by Crippen LogP contribution is 2.40. The molecule has 0 amide bonds. The molecule has 100 valence electrons. The molecule has 0 aromatic carbocycles. The molecule has 2 aliphatic carbocycles. The fourth-order valence-electron chi connectivity index (χ4n) is 3.20. The Balaban J connectivity index is 1.67. The summed E-state index contributed by atoms with van der Waals surface area (Å²) in [5.74, 6) is 2.96. The summed E-state index contributed by atoms with van der Waals surface area (Å²) in [5, 5.41) is 4.17. The number of nitrogens with zero attached hydrogens (tertiary/aromatic N) is 2. The lowest BCUT2D eigenvalue weighted by atomic mass is 9.77. The monoisotopic (exact) mass is 249 g/mol. The zero-order chi connectivity index (χ0) is 12.6. The lowest BCUT2D eigenvalue weighted by Gasteiger charge is -2.33. The molecule has 0 unspecified atom stereocenters. The van der Waals surface area contributed by atoms with E-state index in [1.54, 1.807) is 0 Å². The van der Waals surface area contributed by atoms with Crippen molar-refractivity contribution in [1.29, 1.82) is 0 Å². The van der Waals surface area contributed by atoms with Gasteiger partial charge in [0.1, 0.15) is 0 Å². The summed E-state index contributed by atoms with van der Waals surface area (Å²) >= 11 is 0. The van der Waals surface area contributed by atoms with Crippen LogP contribution in [0, 0.1) is 5.92 Å². The Morgan fingerprint density at radius 3 is 2.56 bits per heavy atom. The van der Waals surface area contributed by atoms with E-state index in [0.717, 1.165) is 24.6 Å². The molecule has 1 heterocycles. The zero-order valence-corrected chi connectivity index (χ0v) is 11.2. The maximum absolute atomic E-state index is 6.21. The molecular formula is C14H23N3O. The van der Waals surface area contributed by atoms with Crippen LogP contribution >= 0.6 is 0 Å². The summed E-state index contributed by atoms with van der Waals surface area (Å²) < 4.78 is 5.39. The summed E-state index contributed by atoms with van der Waals surface area (Å²) in [5.41, 5.74) is 5.90. The Kier molecular flexibility index (Phi) is 3.14. The third kappa shape index (κ3) is 2.07. The van der Waals surface area contributed by atoms with Crippen LogP contribution in [0.25, 0.3) is 0 Å². The van der Waals surface area contributed by atoms with E-state index in [-0.39, 0.29) is 5.54 Å². The first kappa shape index (κ1) is 12.2. The van der Waals surface area contributed by atoms with E-state index in [2.05, 4.69) is 17.1 Å². The summed E-state index contributed by atoms with van der Waals surface area (Å²) in [4.78, 5) is 4.58. The molecule has 0 bridgehead atoms. The molecule has 18 heavy (non-hydrogen) atoms. The van der Waals surface area contributed by atoms with E-state index >= 15 is 0 Å². The molecule has 0 radical (unpaired) electrons. The van der Waals surface area contributed by atoms with Gasteiger partial charge in [-0.1, -0.05) is 18.5 Å². The van der Waals surface area contributed by atoms with Crippen molar-refractivity contribution in [3.8, 4) is 0 Å². The van der Waals surface area contributed by atoms with Crippen LogP contribution in [0.1, 0.15) is 75.9 Å². The summed E-state index contributed by atoms with van der Waals surface area (Å²) in [6, 6.07) is 0. The van der Waals surface area contributed by atoms with Crippen LogP contribution < -0.4 is 5.73 Å². The second-order valence-electron chi connectivity index (χ2n) is 6.09. The smallest absolute Gasteiger partial charge is 0.246 e. The minimum atomic E-state index is -0.314. The van der Waals surface area contributed by atoms with Crippen LogP contribution in [0.5, 0.6) is 0 Å². The molecule has 2 aliphatic rings. The lowest BCUT2D eigenvalue weighted by Crippen LogP contribution is -2.43. The fourth-order valence-corrected chi connectivity index (χ4v) is 3.20. The number of nitrogens with two attached hydrogens (primary N) is 1. The van der Waals surface area contributed by atoms with E-state index in [1.807, 2.05) is 0 Å². The van der Waals surface area contributed by atoms with Gasteiger partial charge >= 0.3 is 0 Å². The highest BCUT2D eigenvalue weighted by atomic mass is 16.5. The molecule has 4 heteroatoms. The summed E-state index contributed by atoms with van der Waals surface area (Å²) in [6.07, 6.45) is 9.46. The van der Waals surface area contributed by atoms with Gasteiger partial charge in [0.25, 0.3) is 0 Å². The molecule has 0 saturated heterocycles. The normalized spacial score (nSPS) is 31.0. The van der Waals surface area contributed by atoms with Crippen molar-refractivity contribution < 1.29 is 4.52 Å².